The van der Waals surface area contributed by atoms with Gasteiger partial charge in [0.25, 0.3) is 0 Å². The Morgan fingerprint density at radius 2 is 0.480 bits per heavy atom. The van der Waals surface area contributed by atoms with Gasteiger partial charge in [0.05, 0.1) is 0 Å². The fraction of sp³-hybridized carbons (Fsp3) is 0.133. The highest BCUT2D eigenvalue weighted by Crippen LogP contribution is 2.57. The minimum absolute atomic E-state index is 0.00250. The highest BCUT2D eigenvalue weighted by Gasteiger charge is 2.47. The largest absolute Gasteiger partial charge is 0.208 e. The molecule has 2 aliphatic carbocycles. The van der Waals surface area contributed by atoms with Gasteiger partial charge in [-0.05, 0) is 149 Å². The second-order valence-corrected chi connectivity index (χ2v) is 30.4. The van der Waals surface area contributed by atoms with Crippen LogP contribution < -0.4 is 0 Å². The smallest absolute Gasteiger partial charge is 0.164 e. The first-order valence-electron chi connectivity index (χ1n) is 33.7. The van der Waals surface area contributed by atoms with E-state index in [1.165, 1.54) is 96.0 Å². The first kappa shape index (κ1) is 60.7. The lowest BCUT2D eigenvalue weighted by Crippen LogP contribution is -2.43. The molecule has 4 aromatic heterocycles. The Hall–Kier alpha value is -10.9. The molecule has 472 valence electrons. The van der Waals surface area contributed by atoms with Gasteiger partial charge < -0.3 is 0 Å². The summed E-state index contributed by atoms with van der Waals surface area (Å²) in [5.74, 6) is 3.98. The number of hydrogen-bond acceptors (Lipinski definition) is 8. The lowest BCUT2D eigenvalue weighted by Gasteiger charge is -2.48. The van der Waals surface area contributed by atoms with Crippen molar-refractivity contribution in [3.05, 3.63) is 301 Å². The average Bonchev–Trinajstić information content (AvgIpc) is 1.21. The van der Waals surface area contributed by atoms with E-state index in [2.05, 4.69) is 213 Å². The van der Waals surface area contributed by atoms with E-state index < -0.39 is 0 Å². The molecule has 0 atom stereocenters. The molecule has 0 amide bonds. The third kappa shape index (κ3) is 10.2. The predicted molar refractivity (Wildman–Crippen MR) is 412 cm³/mol. The number of aromatic nitrogens is 6. The van der Waals surface area contributed by atoms with E-state index in [0.29, 0.717) is 34.9 Å². The molecule has 0 radical (unpaired) electrons. The summed E-state index contributed by atoms with van der Waals surface area (Å²) in [7, 11) is 0. The van der Waals surface area contributed by atoms with Gasteiger partial charge in [0.1, 0.15) is 0 Å². The Balaban J connectivity index is 0.000000147. The zero-order valence-corrected chi connectivity index (χ0v) is 57.7. The van der Waals surface area contributed by atoms with Crippen LogP contribution in [0.5, 0.6) is 0 Å². The second-order valence-electron chi connectivity index (χ2n) is 28.2. The molecule has 16 aromatic rings. The Bertz CT molecular complexity index is 5690. The SMILES string of the molecule is CC1(C)c2ccccc2-c2cc3c(cc2C1(C)C)sc1ccc(-c2cccc(-c4nc(-c5ccccc5)nc(-c5ccccc5)n4)c2)cc13.CC1(C)c2ccccc2-c2cc3sc4ccc(-c5cccc(-c6nc(-c7ccccc7)nc(-c7ccccc7)n6)c5)cc4c3cc2C1(C)C. The van der Waals surface area contributed by atoms with Crippen molar-refractivity contribution >= 4 is 63.0 Å². The van der Waals surface area contributed by atoms with Gasteiger partial charge >= 0.3 is 0 Å². The Morgan fingerprint density at radius 3 is 0.888 bits per heavy atom. The van der Waals surface area contributed by atoms with Crippen molar-refractivity contribution in [1.29, 1.82) is 0 Å². The van der Waals surface area contributed by atoms with Crippen LogP contribution >= 0.6 is 22.7 Å². The number of benzene rings is 12. The van der Waals surface area contributed by atoms with Gasteiger partial charge in [-0.1, -0.05) is 274 Å². The van der Waals surface area contributed by atoms with E-state index in [0.717, 1.165) is 44.5 Å². The van der Waals surface area contributed by atoms with Gasteiger partial charge in [-0.15, -0.1) is 22.7 Å². The minimum atomic E-state index is -0.0349. The number of fused-ring (bicyclic) bond motifs is 12. The molecule has 0 spiro atoms. The summed E-state index contributed by atoms with van der Waals surface area (Å²) in [6.45, 7) is 19.2. The fourth-order valence-corrected chi connectivity index (χ4v) is 17.1. The zero-order chi connectivity index (χ0) is 66.7. The third-order valence-electron chi connectivity index (χ3n) is 21.8. The molecule has 6 nitrogen and oxygen atoms in total. The highest BCUT2D eigenvalue weighted by molar-refractivity contribution is 7.26. The Morgan fingerprint density at radius 1 is 0.194 bits per heavy atom. The van der Waals surface area contributed by atoms with Crippen LogP contribution in [0.3, 0.4) is 0 Å². The summed E-state index contributed by atoms with van der Waals surface area (Å²) in [6.07, 6.45) is 0. The summed E-state index contributed by atoms with van der Waals surface area (Å²) < 4.78 is 5.28. The molecule has 18 rings (SSSR count). The summed E-state index contributed by atoms with van der Waals surface area (Å²) in [5.41, 5.74) is 21.5. The normalized spacial score (nSPS) is 14.4. The predicted octanol–water partition coefficient (Wildman–Crippen LogP) is 24.3. The molecule has 4 heterocycles. The number of nitrogens with zero attached hydrogens (tertiary/aromatic N) is 6. The third-order valence-corrected chi connectivity index (χ3v) is 24.0. The van der Waals surface area contributed by atoms with Gasteiger partial charge in [-0.3, -0.25) is 0 Å². The van der Waals surface area contributed by atoms with Crippen LogP contribution in [0.15, 0.2) is 279 Å². The van der Waals surface area contributed by atoms with E-state index in [9.17, 15) is 0 Å². The van der Waals surface area contributed by atoms with E-state index in [1.54, 1.807) is 0 Å². The molecule has 0 fully saturated rings. The molecule has 12 aromatic carbocycles. The van der Waals surface area contributed by atoms with Gasteiger partial charge in [0.2, 0.25) is 0 Å². The van der Waals surface area contributed by atoms with Crippen LogP contribution in [0, 0.1) is 0 Å². The van der Waals surface area contributed by atoms with Crippen LogP contribution in [0.25, 0.3) is 153 Å². The molecular weight excluding hydrogens is 1230 g/mol. The summed E-state index contributed by atoms with van der Waals surface area (Å²) in [6, 6.07) is 99.3. The first-order chi connectivity index (χ1) is 47.6. The number of rotatable bonds is 8. The van der Waals surface area contributed by atoms with E-state index >= 15 is 0 Å². The summed E-state index contributed by atoms with van der Waals surface area (Å²) in [5, 5.41) is 5.25. The minimum Gasteiger partial charge on any atom is -0.208 e. The monoisotopic (exact) mass is 1300 g/mol. The zero-order valence-electron chi connectivity index (χ0n) is 56.1. The van der Waals surface area contributed by atoms with Crippen LogP contribution in [-0.4, -0.2) is 29.9 Å². The van der Waals surface area contributed by atoms with Crippen molar-refractivity contribution in [3.63, 3.8) is 0 Å². The Kier molecular flexibility index (Phi) is 14.5. The standard InChI is InChI=1S/2C45H35N3S/c1-44(2)37-21-12-11-20-33(37)34-27-40-36(26-38(34)45(44,3)4)35-25-31(22-23-39(35)49-40)30-18-13-19-32(24-30)43-47-41(28-14-7-5-8-15-28)46-42(48-43)29-16-9-6-10-17-29;1-44(2)37-21-12-11-20-33(37)34-26-36-35-25-31(22-23-39(35)49-40(36)27-38(34)45(44,3)4)30-18-13-19-32(24-30)43-47-41(28-14-7-5-8-15-28)46-42(48-43)29-16-9-6-10-17-29/h2*5-27H,1-4H3. The quantitative estimate of drug-likeness (QED) is 0.151. The van der Waals surface area contributed by atoms with Crippen LogP contribution in [0.4, 0.5) is 0 Å². The summed E-state index contributed by atoms with van der Waals surface area (Å²) >= 11 is 3.78. The van der Waals surface area contributed by atoms with E-state index in [-0.39, 0.29) is 21.7 Å². The van der Waals surface area contributed by atoms with Gasteiger partial charge in [-0.25, -0.2) is 29.9 Å². The van der Waals surface area contributed by atoms with Crippen molar-refractivity contribution in [2.45, 2.75) is 77.0 Å². The van der Waals surface area contributed by atoms with Crippen molar-refractivity contribution in [3.8, 4) is 113 Å². The van der Waals surface area contributed by atoms with E-state index in [1.807, 2.05) is 144 Å². The molecule has 8 heteroatoms. The lowest BCUT2D eigenvalue weighted by atomic mass is 9.55. The molecule has 0 bridgehead atoms. The molecule has 98 heavy (non-hydrogen) atoms. The average molecular weight is 1300 g/mol. The molecular formula is C90H70N6S2. The van der Waals surface area contributed by atoms with Gasteiger partial charge in [0, 0.05) is 73.7 Å². The highest BCUT2D eigenvalue weighted by atomic mass is 32.1. The van der Waals surface area contributed by atoms with Crippen molar-refractivity contribution in [2.75, 3.05) is 0 Å². The fourth-order valence-electron chi connectivity index (χ4n) is 14.9. The van der Waals surface area contributed by atoms with Crippen molar-refractivity contribution in [2.24, 2.45) is 0 Å². The van der Waals surface area contributed by atoms with Crippen molar-refractivity contribution in [1.82, 2.24) is 29.9 Å². The van der Waals surface area contributed by atoms with Crippen LogP contribution in [0.2, 0.25) is 0 Å². The van der Waals surface area contributed by atoms with E-state index in [4.69, 9.17) is 29.9 Å². The second kappa shape index (κ2) is 23.4. The summed E-state index contributed by atoms with van der Waals surface area (Å²) in [4.78, 5) is 29.7. The van der Waals surface area contributed by atoms with Crippen LogP contribution in [0.1, 0.15) is 77.6 Å². The Labute approximate surface area is 580 Å². The molecule has 2 aliphatic rings. The number of thiophene rings is 2. The molecule has 0 N–H and O–H groups in total. The lowest BCUT2D eigenvalue weighted by molar-refractivity contribution is 0.299. The van der Waals surface area contributed by atoms with Gasteiger partial charge in [0.15, 0.2) is 34.9 Å². The topological polar surface area (TPSA) is 77.3 Å². The molecule has 0 saturated heterocycles. The van der Waals surface area contributed by atoms with Gasteiger partial charge in [-0.2, -0.15) is 0 Å². The first-order valence-corrected chi connectivity index (χ1v) is 35.4. The number of hydrogen-bond donors (Lipinski definition) is 0. The maximum atomic E-state index is 4.98. The maximum Gasteiger partial charge on any atom is 0.164 e. The maximum absolute atomic E-state index is 4.98. The van der Waals surface area contributed by atoms with Crippen molar-refractivity contribution < 1.29 is 0 Å². The molecule has 0 saturated carbocycles. The molecule has 0 unspecified atom stereocenters. The van der Waals surface area contributed by atoms with Crippen LogP contribution in [-0.2, 0) is 21.7 Å². The molecule has 0 aliphatic heterocycles.